The summed E-state index contributed by atoms with van der Waals surface area (Å²) in [6.07, 6.45) is -0.504. The van der Waals surface area contributed by atoms with Gasteiger partial charge in [0.2, 0.25) is 0 Å². The van der Waals surface area contributed by atoms with Gasteiger partial charge in [0.15, 0.2) is 5.60 Å². The zero-order chi connectivity index (χ0) is 27.6. The molecule has 1 amide bonds. The monoisotopic (exact) mass is 537 g/mol. The normalized spacial score (nSPS) is 17.6. The average molecular weight is 538 g/mol. The lowest BCUT2D eigenvalue weighted by atomic mass is 9.77. The van der Waals surface area contributed by atoms with Crippen LogP contribution in [-0.2, 0) is 21.7 Å². The van der Waals surface area contributed by atoms with E-state index in [1.165, 1.54) is 22.3 Å². The highest BCUT2D eigenvalue weighted by molar-refractivity contribution is 5.86. The molecule has 0 radical (unpaired) electrons. The number of amides is 1. The van der Waals surface area contributed by atoms with Crippen LogP contribution >= 0.6 is 0 Å². The molecule has 0 aromatic heterocycles. The summed E-state index contributed by atoms with van der Waals surface area (Å²) in [5.74, 6) is 1.41. The van der Waals surface area contributed by atoms with Crippen molar-refractivity contribution < 1.29 is 19.0 Å². The summed E-state index contributed by atoms with van der Waals surface area (Å²) < 4.78 is 18.8. The number of carbonyl (C=O) groups excluding carboxylic acids is 1. The van der Waals surface area contributed by atoms with E-state index in [-0.39, 0.29) is 12.5 Å². The summed E-state index contributed by atoms with van der Waals surface area (Å²) in [6.45, 7) is 2.81. The molecule has 0 fully saturated rings. The second kappa shape index (κ2) is 9.08. The zero-order valence-electron chi connectivity index (χ0n) is 22.5. The number of hydrogen-bond acceptors (Lipinski definition) is 4. The van der Waals surface area contributed by atoms with Crippen LogP contribution in [0.2, 0.25) is 0 Å². The van der Waals surface area contributed by atoms with E-state index < -0.39 is 11.7 Å². The maximum atomic E-state index is 13.0. The SMILES string of the molecule is Cc1ccc2c(c1)Oc1cc(NC(=O)OCC3c4ccccc4-c4ccccc43)ccc1C21OCc2ccccc21. The Morgan fingerprint density at radius 2 is 1.46 bits per heavy atom. The fraction of sp³-hybridized carbons (Fsp3) is 0.139. The molecule has 1 unspecified atom stereocenters. The Bertz CT molecular complexity index is 1820. The van der Waals surface area contributed by atoms with Gasteiger partial charge in [-0.2, -0.15) is 0 Å². The van der Waals surface area contributed by atoms with Crippen LogP contribution in [0.4, 0.5) is 10.5 Å². The summed E-state index contributed by atoms with van der Waals surface area (Å²) >= 11 is 0. The lowest BCUT2D eigenvalue weighted by Gasteiger charge is -2.37. The Hall–Kier alpha value is -4.87. The highest BCUT2D eigenvalue weighted by Gasteiger charge is 2.49. The number of fused-ring (bicyclic) bond motifs is 9. The van der Waals surface area contributed by atoms with Gasteiger partial charge in [-0.15, -0.1) is 0 Å². The van der Waals surface area contributed by atoms with Crippen LogP contribution in [0.5, 0.6) is 11.5 Å². The Morgan fingerprint density at radius 3 is 2.24 bits per heavy atom. The van der Waals surface area contributed by atoms with Gasteiger partial charge in [-0.05, 0) is 64.1 Å². The van der Waals surface area contributed by atoms with E-state index in [4.69, 9.17) is 14.2 Å². The summed E-state index contributed by atoms with van der Waals surface area (Å²) in [5.41, 5.74) is 9.86. The Morgan fingerprint density at radius 1 is 0.805 bits per heavy atom. The van der Waals surface area contributed by atoms with Crippen molar-refractivity contribution in [2.24, 2.45) is 0 Å². The maximum Gasteiger partial charge on any atom is 0.411 e. The van der Waals surface area contributed by atoms with Gasteiger partial charge in [-0.25, -0.2) is 4.79 Å². The van der Waals surface area contributed by atoms with Crippen LogP contribution in [0.15, 0.2) is 109 Å². The molecule has 200 valence electrons. The first kappa shape index (κ1) is 24.0. The van der Waals surface area contributed by atoms with Gasteiger partial charge in [0.05, 0.1) is 6.61 Å². The molecular formula is C36H27NO4. The summed E-state index contributed by atoms with van der Waals surface area (Å²) in [4.78, 5) is 13.0. The van der Waals surface area contributed by atoms with E-state index in [0.717, 1.165) is 33.6 Å². The first-order valence-electron chi connectivity index (χ1n) is 13.9. The van der Waals surface area contributed by atoms with Crippen LogP contribution < -0.4 is 10.1 Å². The number of carbonyl (C=O) groups is 1. The third-order valence-electron chi connectivity index (χ3n) is 8.53. The van der Waals surface area contributed by atoms with Crippen molar-refractivity contribution in [2.75, 3.05) is 11.9 Å². The Kier molecular flexibility index (Phi) is 5.31. The Labute approximate surface area is 238 Å². The first-order valence-corrected chi connectivity index (χ1v) is 13.9. The molecule has 5 heteroatoms. The largest absolute Gasteiger partial charge is 0.456 e. The quantitative estimate of drug-likeness (QED) is 0.252. The number of rotatable bonds is 3. The van der Waals surface area contributed by atoms with Gasteiger partial charge in [0, 0.05) is 28.8 Å². The number of ether oxygens (including phenoxy) is 3. The molecule has 2 aliphatic heterocycles. The number of nitrogens with one attached hydrogen (secondary N) is 1. The first-order chi connectivity index (χ1) is 20.1. The van der Waals surface area contributed by atoms with E-state index in [1.807, 2.05) is 67.6 Å². The van der Waals surface area contributed by atoms with E-state index in [1.54, 1.807) is 0 Å². The van der Waals surface area contributed by atoms with E-state index in [2.05, 4.69) is 53.8 Å². The third kappa shape index (κ3) is 3.63. The Balaban J connectivity index is 1.08. The minimum Gasteiger partial charge on any atom is -0.456 e. The standard InChI is InChI=1S/C36H27NO4/c1-22-14-16-31-33(18-22)41-34-19-24(15-17-32(34)36(31)30-13-7-2-8-23(30)20-40-36)37-35(38)39-21-29-27-11-5-3-9-25(27)26-10-4-6-12-28(26)29/h2-19,29H,20-21H2,1H3,(H,37,38). The van der Waals surface area contributed by atoms with E-state index >= 15 is 0 Å². The molecule has 1 aliphatic carbocycles. The second-order valence-corrected chi connectivity index (χ2v) is 10.9. The van der Waals surface area contributed by atoms with Crippen molar-refractivity contribution in [3.05, 3.63) is 148 Å². The van der Waals surface area contributed by atoms with Crippen LogP contribution in [0, 0.1) is 6.92 Å². The van der Waals surface area contributed by atoms with Crippen molar-refractivity contribution in [3.63, 3.8) is 0 Å². The third-order valence-corrected chi connectivity index (χ3v) is 8.53. The van der Waals surface area contributed by atoms with Crippen molar-refractivity contribution in [3.8, 4) is 22.6 Å². The van der Waals surface area contributed by atoms with Gasteiger partial charge in [0.25, 0.3) is 0 Å². The summed E-state index contributed by atoms with van der Waals surface area (Å²) in [6, 6.07) is 36.9. The van der Waals surface area contributed by atoms with Crippen LogP contribution in [0.1, 0.15) is 44.9 Å². The molecule has 8 rings (SSSR count). The lowest BCUT2D eigenvalue weighted by Crippen LogP contribution is -2.32. The fourth-order valence-corrected chi connectivity index (χ4v) is 6.70. The van der Waals surface area contributed by atoms with E-state index in [0.29, 0.717) is 18.0 Å². The van der Waals surface area contributed by atoms with Crippen molar-refractivity contribution >= 4 is 11.8 Å². The minimum absolute atomic E-state index is 0.000741. The van der Waals surface area contributed by atoms with Gasteiger partial charge < -0.3 is 14.2 Å². The lowest BCUT2D eigenvalue weighted by molar-refractivity contribution is 0.0199. The molecule has 0 saturated heterocycles. The number of anilines is 1. The molecule has 0 saturated carbocycles. The van der Waals surface area contributed by atoms with Gasteiger partial charge in [0.1, 0.15) is 18.1 Å². The minimum atomic E-state index is -0.768. The van der Waals surface area contributed by atoms with Gasteiger partial charge in [-0.1, -0.05) is 84.9 Å². The van der Waals surface area contributed by atoms with Crippen molar-refractivity contribution in [1.82, 2.24) is 0 Å². The van der Waals surface area contributed by atoms with Crippen LogP contribution in [-0.4, -0.2) is 12.7 Å². The number of aryl methyl sites for hydroxylation is 1. The maximum absolute atomic E-state index is 13.0. The van der Waals surface area contributed by atoms with E-state index in [9.17, 15) is 4.79 Å². The molecule has 1 spiro atoms. The highest BCUT2D eigenvalue weighted by atomic mass is 16.5. The molecule has 5 aromatic carbocycles. The molecular weight excluding hydrogens is 510 g/mol. The highest BCUT2D eigenvalue weighted by Crippen LogP contribution is 2.56. The average Bonchev–Trinajstić information content (AvgIpc) is 3.53. The van der Waals surface area contributed by atoms with Crippen LogP contribution in [0.25, 0.3) is 11.1 Å². The van der Waals surface area contributed by atoms with Gasteiger partial charge in [-0.3, -0.25) is 5.32 Å². The smallest absolute Gasteiger partial charge is 0.411 e. The molecule has 41 heavy (non-hydrogen) atoms. The predicted molar refractivity (Wildman–Crippen MR) is 157 cm³/mol. The number of hydrogen-bond donors (Lipinski definition) is 1. The molecule has 5 aromatic rings. The molecule has 1 atom stereocenters. The molecule has 1 N–H and O–H groups in total. The predicted octanol–water partition coefficient (Wildman–Crippen LogP) is 8.28. The number of benzene rings is 5. The summed E-state index contributed by atoms with van der Waals surface area (Å²) in [7, 11) is 0. The van der Waals surface area contributed by atoms with Crippen LogP contribution in [0.3, 0.4) is 0 Å². The molecule has 0 bridgehead atoms. The fourth-order valence-electron chi connectivity index (χ4n) is 6.70. The van der Waals surface area contributed by atoms with Crippen molar-refractivity contribution in [2.45, 2.75) is 25.0 Å². The van der Waals surface area contributed by atoms with Gasteiger partial charge >= 0.3 is 6.09 Å². The zero-order valence-corrected chi connectivity index (χ0v) is 22.5. The molecule has 5 nitrogen and oxygen atoms in total. The topological polar surface area (TPSA) is 56.8 Å². The second-order valence-electron chi connectivity index (χ2n) is 10.9. The molecule has 3 aliphatic rings. The molecule has 2 heterocycles. The summed E-state index contributed by atoms with van der Waals surface area (Å²) in [5, 5.41) is 2.92. The van der Waals surface area contributed by atoms with Crippen molar-refractivity contribution in [1.29, 1.82) is 0 Å².